The Morgan fingerprint density at radius 3 is 2.55 bits per heavy atom. The molecule has 104 valence electrons. The molecule has 2 aliphatic rings. The second-order valence-electron chi connectivity index (χ2n) is 5.92. The minimum Gasteiger partial charge on any atom is -0.350 e. The zero-order valence-corrected chi connectivity index (χ0v) is 11.7. The van der Waals surface area contributed by atoms with Crippen LogP contribution in [0.3, 0.4) is 0 Å². The van der Waals surface area contributed by atoms with E-state index in [0.29, 0.717) is 18.1 Å². The Bertz CT molecular complexity index is 580. The van der Waals surface area contributed by atoms with Crippen LogP contribution in [0.25, 0.3) is 0 Å². The number of rotatable bonds is 2. The molecule has 20 heavy (non-hydrogen) atoms. The third-order valence-electron chi connectivity index (χ3n) is 4.66. The van der Waals surface area contributed by atoms with Gasteiger partial charge in [-0.3, -0.25) is 4.68 Å². The van der Waals surface area contributed by atoms with Crippen LogP contribution in [-0.2, 0) is 0 Å². The maximum atomic E-state index is 4.48. The van der Waals surface area contributed by atoms with E-state index in [9.17, 15) is 0 Å². The average Bonchev–Trinajstić information content (AvgIpc) is 3.06. The van der Waals surface area contributed by atoms with Gasteiger partial charge >= 0.3 is 0 Å². The van der Waals surface area contributed by atoms with E-state index in [0.717, 1.165) is 11.5 Å². The summed E-state index contributed by atoms with van der Waals surface area (Å²) in [6, 6.07) is 5.86. The third kappa shape index (κ3) is 1.88. The highest BCUT2D eigenvalue weighted by molar-refractivity contribution is 5.44. The number of hydrogen-bond donors (Lipinski definition) is 0. The van der Waals surface area contributed by atoms with E-state index in [1.54, 1.807) is 6.33 Å². The highest BCUT2D eigenvalue weighted by Gasteiger charge is 2.42. The van der Waals surface area contributed by atoms with Gasteiger partial charge in [0.05, 0.1) is 6.04 Å². The van der Waals surface area contributed by atoms with E-state index < -0.39 is 0 Å². The van der Waals surface area contributed by atoms with E-state index in [4.69, 9.17) is 0 Å². The lowest BCUT2D eigenvalue weighted by Crippen LogP contribution is -2.44. The van der Waals surface area contributed by atoms with E-state index in [1.165, 1.54) is 25.7 Å². The van der Waals surface area contributed by atoms with Gasteiger partial charge in [-0.2, -0.15) is 5.10 Å². The molecule has 4 rings (SSSR count). The predicted octanol–water partition coefficient (Wildman–Crippen LogP) is 2.35. The zero-order chi connectivity index (χ0) is 13.5. The first-order chi connectivity index (χ1) is 9.81. The summed E-state index contributed by atoms with van der Waals surface area (Å²) in [4.78, 5) is 11.2. The molecule has 5 heteroatoms. The van der Waals surface area contributed by atoms with Crippen molar-refractivity contribution >= 4 is 5.82 Å². The molecule has 2 atom stereocenters. The molecule has 0 amide bonds. The van der Waals surface area contributed by atoms with Gasteiger partial charge in [-0.1, -0.05) is 0 Å². The van der Waals surface area contributed by atoms with E-state index in [2.05, 4.69) is 36.9 Å². The Kier molecular flexibility index (Phi) is 2.72. The summed E-state index contributed by atoms with van der Waals surface area (Å²) >= 11 is 0. The summed E-state index contributed by atoms with van der Waals surface area (Å²) in [5.74, 6) is 1.10. The fourth-order valence-electron chi connectivity index (χ4n) is 3.82. The van der Waals surface area contributed by atoms with Gasteiger partial charge in [0.25, 0.3) is 0 Å². The molecule has 0 spiro atoms. The lowest BCUT2D eigenvalue weighted by Gasteiger charge is -2.39. The summed E-state index contributed by atoms with van der Waals surface area (Å²) in [6.07, 6.45) is 10.5. The zero-order valence-electron chi connectivity index (χ0n) is 11.7. The van der Waals surface area contributed by atoms with Gasteiger partial charge in [-0.15, -0.1) is 0 Å². The Morgan fingerprint density at radius 1 is 1.10 bits per heavy atom. The number of nitrogens with zero attached hydrogens (tertiary/aromatic N) is 5. The van der Waals surface area contributed by atoms with Crippen LogP contribution in [0.15, 0.2) is 30.9 Å². The molecule has 2 fully saturated rings. The van der Waals surface area contributed by atoms with Crippen LogP contribution in [0.1, 0.15) is 37.4 Å². The first-order valence-electron chi connectivity index (χ1n) is 7.37. The molecule has 2 bridgehead atoms. The first kappa shape index (κ1) is 11.9. The fourth-order valence-corrected chi connectivity index (χ4v) is 3.82. The van der Waals surface area contributed by atoms with Crippen molar-refractivity contribution < 1.29 is 0 Å². The second-order valence-corrected chi connectivity index (χ2v) is 5.92. The summed E-state index contributed by atoms with van der Waals surface area (Å²) in [5.41, 5.74) is 1.04. The summed E-state index contributed by atoms with van der Waals surface area (Å²) in [7, 11) is 0. The maximum Gasteiger partial charge on any atom is 0.132 e. The van der Waals surface area contributed by atoms with E-state index in [-0.39, 0.29) is 0 Å². The average molecular weight is 269 g/mol. The van der Waals surface area contributed by atoms with Crippen molar-refractivity contribution in [3.8, 4) is 0 Å². The molecule has 0 radical (unpaired) electrons. The topological polar surface area (TPSA) is 46.8 Å². The van der Waals surface area contributed by atoms with Crippen LogP contribution in [0.5, 0.6) is 0 Å². The van der Waals surface area contributed by atoms with Crippen LogP contribution in [0, 0.1) is 6.92 Å². The third-order valence-corrected chi connectivity index (χ3v) is 4.66. The van der Waals surface area contributed by atoms with E-state index in [1.807, 2.05) is 19.2 Å². The molecule has 2 aliphatic heterocycles. The quantitative estimate of drug-likeness (QED) is 0.839. The van der Waals surface area contributed by atoms with Crippen molar-refractivity contribution in [1.29, 1.82) is 0 Å². The predicted molar refractivity (Wildman–Crippen MR) is 76.6 cm³/mol. The van der Waals surface area contributed by atoms with Gasteiger partial charge in [0.2, 0.25) is 0 Å². The van der Waals surface area contributed by atoms with Gasteiger partial charge in [-0.05, 0) is 38.7 Å². The lowest BCUT2D eigenvalue weighted by molar-refractivity contribution is 0.313. The van der Waals surface area contributed by atoms with Crippen molar-refractivity contribution in [2.45, 2.75) is 50.7 Å². The van der Waals surface area contributed by atoms with Gasteiger partial charge in [0.15, 0.2) is 0 Å². The van der Waals surface area contributed by atoms with Gasteiger partial charge in [0.1, 0.15) is 12.1 Å². The SMILES string of the molecule is Cc1cc(N2C3CCC2CC(n2cccn2)C3)ncn1. The number of aromatic nitrogens is 4. The molecule has 0 saturated carbocycles. The summed E-state index contributed by atoms with van der Waals surface area (Å²) < 4.78 is 2.13. The van der Waals surface area contributed by atoms with Gasteiger partial charge in [-0.25, -0.2) is 9.97 Å². The van der Waals surface area contributed by atoms with Crippen LogP contribution >= 0.6 is 0 Å². The number of aryl methyl sites for hydroxylation is 1. The molecule has 5 nitrogen and oxygen atoms in total. The largest absolute Gasteiger partial charge is 0.350 e. The Balaban J connectivity index is 1.60. The highest BCUT2D eigenvalue weighted by atomic mass is 15.3. The Labute approximate surface area is 118 Å². The second kappa shape index (κ2) is 4.58. The van der Waals surface area contributed by atoms with Crippen LogP contribution in [0.2, 0.25) is 0 Å². The van der Waals surface area contributed by atoms with Crippen LogP contribution in [0.4, 0.5) is 5.82 Å². The molecule has 2 aromatic rings. The van der Waals surface area contributed by atoms with Crippen LogP contribution in [-0.4, -0.2) is 31.8 Å². The molecule has 2 unspecified atom stereocenters. The van der Waals surface area contributed by atoms with Crippen molar-refractivity contribution in [2.75, 3.05) is 4.90 Å². The Hall–Kier alpha value is -1.91. The van der Waals surface area contributed by atoms with Crippen molar-refractivity contribution in [3.05, 3.63) is 36.5 Å². The standard InChI is InChI=1S/C15H19N5/c1-11-7-15(17-10-16-11)20-12-3-4-13(20)9-14(8-12)19-6-2-5-18-19/h2,5-7,10,12-14H,3-4,8-9H2,1H3. The normalized spacial score (nSPS) is 28.9. The first-order valence-corrected chi connectivity index (χ1v) is 7.37. The molecule has 2 saturated heterocycles. The number of hydrogen-bond acceptors (Lipinski definition) is 4. The summed E-state index contributed by atoms with van der Waals surface area (Å²) in [6.45, 7) is 2.03. The molecule has 0 aliphatic carbocycles. The maximum absolute atomic E-state index is 4.48. The minimum absolute atomic E-state index is 0.543. The number of piperidine rings is 1. The highest BCUT2D eigenvalue weighted by Crippen LogP contribution is 2.42. The van der Waals surface area contributed by atoms with E-state index >= 15 is 0 Å². The van der Waals surface area contributed by atoms with Crippen molar-refractivity contribution in [1.82, 2.24) is 19.7 Å². The van der Waals surface area contributed by atoms with Gasteiger partial charge < -0.3 is 4.90 Å². The molecule has 0 aromatic carbocycles. The van der Waals surface area contributed by atoms with Crippen molar-refractivity contribution in [2.24, 2.45) is 0 Å². The Morgan fingerprint density at radius 2 is 1.90 bits per heavy atom. The molecule has 4 heterocycles. The van der Waals surface area contributed by atoms with Crippen molar-refractivity contribution in [3.63, 3.8) is 0 Å². The molecular weight excluding hydrogens is 250 g/mol. The molecule has 0 N–H and O–H groups in total. The van der Waals surface area contributed by atoms with Crippen LogP contribution < -0.4 is 4.90 Å². The number of anilines is 1. The smallest absolute Gasteiger partial charge is 0.132 e. The van der Waals surface area contributed by atoms with Gasteiger partial charge in [0, 0.05) is 36.2 Å². The molecular formula is C15H19N5. The molecule has 2 aromatic heterocycles. The minimum atomic E-state index is 0.543. The lowest BCUT2D eigenvalue weighted by atomic mass is 9.97. The monoisotopic (exact) mass is 269 g/mol. The fraction of sp³-hybridized carbons (Fsp3) is 0.533. The summed E-state index contributed by atoms with van der Waals surface area (Å²) in [5, 5.41) is 4.42. The number of fused-ring (bicyclic) bond motifs is 2.